The molecule has 6 heteroatoms. The fourth-order valence-corrected chi connectivity index (χ4v) is 4.16. The van der Waals surface area contributed by atoms with Gasteiger partial charge in [-0.15, -0.1) is 0 Å². The van der Waals surface area contributed by atoms with Gasteiger partial charge in [0.25, 0.3) is 5.91 Å². The van der Waals surface area contributed by atoms with Crippen LogP contribution in [0.3, 0.4) is 0 Å². The molecule has 142 valence electrons. The van der Waals surface area contributed by atoms with E-state index in [9.17, 15) is 9.18 Å². The zero-order valence-corrected chi connectivity index (χ0v) is 15.3. The van der Waals surface area contributed by atoms with Gasteiger partial charge >= 0.3 is 0 Å². The average molecular weight is 361 g/mol. The van der Waals surface area contributed by atoms with Crippen molar-refractivity contribution >= 4 is 5.91 Å². The number of nitrogens with zero attached hydrogens (tertiary/aromatic N) is 3. The predicted octanol–water partition coefficient (Wildman–Crippen LogP) is 3.04. The third-order valence-electron chi connectivity index (χ3n) is 6.39. The zero-order valence-electron chi connectivity index (χ0n) is 15.3. The zero-order chi connectivity index (χ0) is 17.7. The molecule has 4 aliphatic rings. The monoisotopic (exact) mass is 361 g/mol. The quantitative estimate of drug-likeness (QED) is 0.750. The topological polar surface area (TPSA) is 47.4 Å². The molecule has 1 aliphatic heterocycles. The highest BCUT2D eigenvalue weighted by molar-refractivity contribution is 5.86. The van der Waals surface area contributed by atoms with Crippen LogP contribution < -0.4 is 0 Å². The summed E-state index contributed by atoms with van der Waals surface area (Å²) >= 11 is 0. The van der Waals surface area contributed by atoms with Crippen molar-refractivity contribution in [2.24, 2.45) is 11.8 Å². The first kappa shape index (κ1) is 16.7. The van der Waals surface area contributed by atoms with Crippen molar-refractivity contribution in [2.45, 2.75) is 69.6 Å². The molecule has 1 aromatic heterocycles. The molecule has 2 heterocycles. The standard InChI is InChI=1S/C20H28FN3O2/c21-20(6-1-7-20)19(25)23-9-16-11-24(8-14-2-3-14)22-18(16)17(10-23)13-26-12-15-4-5-15/h11,14-15,17H,1-10,12-13H2/t17-/m1/s1. The van der Waals surface area contributed by atoms with Gasteiger partial charge in [-0.25, -0.2) is 4.39 Å². The van der Waals surface area contributed by atoms with Crippen molar-refractivity contribution in [1.82, 2.24) is 14.7 Å². The third-order valence-corrected chi connectivity index (χ3v) is 6.39. The number of hydrogen-bond donors (Lipinski definition) is 0. The van der Waals surface area contributed by atoms with Gasteiger partial charge in [-0.3, -0.25) is 9.48 Å². The minimum atomic E-state index is -1.62. The molecular weight excluding hydrogens is 333 g/mol. The number of carbonyl (C=O) groups excluding carboxylic acids is 1. The molecule has 5 rings (SSSR count). The second kappa shape index (κ2) is 6.32. The van der Waals surface area contributed by atoms with Gasteiger partial charge in [0.1, 0.15) is 0 Å². The Morgan fingerprint density at radius 1 is 1.23 bits per heavy atom. The van der Waals surface area contributed by atoms with Gasteiger partial charge in [-0.05, 0) is 56.8 Å². The Morgan fingerprint density at radius 2 is 2.00 bits per heavy atom. The first-order valence-corrected chi connectivity index (χ1v) is 10.2. The largest absolute Gasteiger partial charge is 0.380 e. The smallest absolute Gasteiger partial charge is 0.260 e. The first-order valence-electron chi connectivity index (χ1n) is 10.2. The minimum absolute atomic E-state index is 0.0607. The Balaban J connectivity index is 1.33. The predicted molar refractivity (Wildman–Crippen MR) is 94.3 cm³/mol. The molecule has 0 aromatic carbocycles. The van der Waals surface area contributed by atoms with E-state index in [0.717, 1.165) is 36.7 Å². The Bertz CT molecular complexity index is 691. The molecule has 0 bridgehead atoms. The van der Waals surface area contributed by atoms with Crippen molar-refractivity contribution in [3.8, 4) is 0 Å². The Morgan fingerprint density at radius 3 is 2.65 bits per heavy atom. The highest BCUT2D eigenvalue weighted by atomic mass is 19.1. The second-order valence-electron chi connectivity index (χ2n) is 8.89. The SMILES string of the molecule is O=C(N1Cc2cn(CC3CC3)nc2[C@@H](COCC2CC2)C1)C1(F)CCC1. The lowest BCUT2D eigenvalue weighted by molar-refractivity contribution is -0.151. The summed E-state index contributed by atoms with van der Waals surface area (Å²) in [5, 5.41) is 4.82. The summed E-state index contributed by atoms with van der Waals surface area (Å²) in [6.07, 6.45) is 8.74. The van der Waals surface area contributed by atoms with Crippen LogP contribution in [-0.2, 0) is 22.6 Å². The van der Waals surface area contributed by atoms with E-state index in [1.807, 2.05) is 4.68 Å². The molecular formula is C20H28FN3O2. The summed E-state index contributed by atoms with van der Waals surface area (Å²) in [5.41, 5.74) is 0.515. The lowest BCUT2D eigenvalue weighted by atomic mass is 9.80. The van der Waals surface area contributed by atoms with Crippen LogP contribution in [0.1, 0.15) is 62.1 Å². The van der Waals surface area contributed by atoms with Crippen LogP contribution in [-0.4, -0.2) is 46.0 Å². The van der Waals surface area contributed by atoms with Gasteiger partial charge in [0.15, 0.2) is 5.67 Å². The highest BCUT2D eigenvalue weighted by Gasteiger charge is 2.48. The number of alkyl halides is 1. The molecule has 3 saturated carbocycles. The third kappa shape index (κ3) is 3.28. The Hall–Kier alpha value is -1.43. The van der Waals surface area contributed by atoms with Gasteiger partial charge in [-0.2, -0.15) is 5.10 Å². The van der Waals surface area contributed by atoms with Crippen LogP contribution in [0.25, 0.3) is 0 Å². The van der Waals surface area contributed by atoms with Crippen LogP contribution >= 0.6 is 0 Å². The van der Waals surface area contributed by atoms with Crippen LogP contribution in [0.2, 0.25) is 0 Å². The van der Waals surface area contributed by atoms with Crippen molar-refractivity contribution in [3.05, 3.63) is 17.5 Å². The van der Waals surface area contributed by atoms with Gasteiger partial charge in [0, 0.05) is 43.9 Å². The molecule has 3 aliphatic carbocycles. The molecule has 0 radical (unpaired) electrons. The average Bonchev–Trinajstić information content (AvgIpc) is 3.51. The van der Waals surface area contributed by atoms with Crippen molar-refractivity contribution in [2.75, 3.05) is 19.8 Å². The second-order valence-corrected chi connectivity index (χ2v) is 8.89. The maximum atomic E-state index is 14.7. The van der Waals surface area contributed by atoms with E-state index >= 15 is 0 Å². The van der Waals surface area contributed by atoms with Crippen LogP contribution in [0.5, 0.6) is 0 Å². The van der Waals surface area contributed by atoms with E-state index in [-0.39, 0.29) is 11.8 Å². The number of halogens is 1. The van der Waals surface area contributed by atoms with E-state index in [0.29, 0.717) is 38.5 Å². The fourth-order valence-electron chi connectivity index (χ4n) is 4.16. The summed E-state index contributed by atoms with van der Waals surface area (Å²) in [6.45, 7) is 3.36. The molecule has 5 nitrogen and oxygen atoms in total. The Kier molecular flexibility index (Phi) is 4.07. The summed E-state index contributed by atoms with van der Waals surface area (Å²) in [5.74, 6) is 1.21. The lowest BCUT2D eigenvalue weighted by Gasteiger charge is -2.40. The number of fused-ring (bicyclic) bond motifs is 1. The van der Waals surface area contributed by atoms with E-state index in [4.69, 9.17) is 9.84 Å². The molecule has 26 heavy (non-hydrogen) atoms. The molecule has 0 unspecified atom stereocenters. The number of carbonyl (C=O) groups is 1. The Labute approximate surface area is 153 Å². The molecule has 1 atom stereocenters. The number of hydrogen-bond acceptors (Lipinski definition) is 3. The summed E-state index contributed by atoms with van der Waals surface area (Å²) < 4.78 is 22.7. The fraction of sp³-hybridized carbons (Fsp3) is 0.800. The maximum Gasteiger partial charge on any atom is 0.260 e. The molecule has 0 saturated heterocycles. The van der Waals surface area contributed by atoms with E-state index in [1.54, 1.807) is 4.90 Å². The van der Waals surface area contributed by atoms with Crippen LogP contribution in [0.4, 0.5) is 4.39 Å². The van der Waals surface area contributed by atoms with Crippen molar-refractivity contribution in [3.63, 3.8) is 0 Å². The number of amides is 1. The van der Waals surface area contributed by atoms with Gasteiger partial charge in [-0.1, -0.05) is 0 Å². The summed E-state index contributed by atoms with van der Waals surface area (Å²) in [4.78, 5) is 14.4. The molecule has 3 fully saturated rings. The van der Waals surface area contributed by atoms with Crippen molar-refractivity contribution < 1.29 is 13.9 Å². The maximum absolute atomic E-state index is 14.7. The lowest BCUT2D eigenvalue weighted by Crippen LogP contribution is -2.52. The number of aromatic nitrogens is 2. The normalized spacial score (nSPS) is 27.1. The van der Waals surface area contributed by atoms with Gasteiger partial charge in [0.2, 0.25) is 0 Å². The number of ether oxygens (including phenoxy) is 1. The molecule has 0 spiro atoms. The van der Waals surface area contributed by atoms with Crippen molar-refractivity contribution in [1.29, 1.82) is 0 Å². The molecule has 0 N–H and O–H groups in total. The molecule has 1 amide bonds. The van der Waals surface area contributed by atoms with Gasteiger partial charge < -0.3 is 9.64 Å². The van der Waals surface area contributed by atoms with Crippen LogP contribution in [0.15, 0.2) is 6.20 Å². The molecule has 1 aromatic rings. The highest BCUT2D eigenvalue weighted by Crippen LogP contribution is 2.40. The minimum Gasteiger partial charge on any atom is -0.380 e. The summed E-state index contributed by atoms with van der Waals surface area (Å²) in [7, 11) is 0. The first-order chi connectivity index (χ1) is 12.6. The summed E-state index contributed by atoms with van der Waals surface area (Å²) in [6, 6.07) is 0. The van der Waals surface area contributed by atoms with E-state index in [2.05, 4.69) is 6.20 Å². The van der Waals surface area contributed by atoms with E-state index < -0.39 is 5.67 Å². The van der Waals surface area contributed by atoms with Crippen LogP contribution in [0, 0.1) is 11.8 Å². The van der Waals surface area contributed by atoms with Gasteiger partial charge in [0.05, 0.1) is 12.3 Å². The number of rotatable bonds is 7. The van der Waals surface area contributed by atoms with E-state index in [1.165, 1.54) is 25.7 Å².